The molecule has 0 aromatic carbocycles. The van der Waals surface area contributed by atoms with Gasteiger partial charge in [-0.2, -0.15) is 0 Å². The molecule has 0 aliphatic carbocycles. The minimum absolute atomic E-state index is 0.296. The van der Waals surface area contributed by atoms with Gasteiger partial charge in [0.25, 0.3) is 0 Å². The molecule has 0 fully saturated rings. The highest BCUT2D eigenvalue weighted by Crippen LogP contribution is 2.16. The summed E-state index contributed by atoms with van der Waals surface area (Å²) in [5.41, 5.74) is 0. The highest BCUT2D eigenvalue weighted by atomic mass is 35.5. The summed E-state index contributed by atoms with van der Waals surface area (Å²) in [5, 5.41) is 12.7. The first kappa shape index (κ1) is 10.3. The topological polar surface area (TPSA) is 45.1 Å². The Kier molecular flexibility index (Phi) is 3.99. The van der Waals surface area contributed by atoms with Gasteiger partial charge in [0.1, 0.15) is 5.82 Å². The fraction of sp³-hybridized carbons (Fsp3) is 0.444. The van der Waals surface area contributed by atoms with E-state index in [1.165, 1.54) is 0 Å². The summed E-state index contributed by atoms with van der Waals surface area (Å²) in [7, 11) is 0. The predicted molar refractivity (Wildman–Crippen MR) is 54.0 cm³/mol. The van der Waals surface area contributed by atoms with E-state index in [2.05, 4.69) is 10.3 Å². The summed E-state index contributed by atoms with van der Waals surface area (Å²) in [5.74, 6) is 0.671. The summed E-state index contributed by atoms with van der Waals surface area (Å²) in [6.45, 7) is 2.43. The van der Waals surface area contributed by atoms with Crippen molar-refractivity contribution in [3.8, 4) is 0 Å². The van der Waals surface area contributed by atoms with Crippen molar-refractivity contribution in [2.24, 2.45) is 0 Å². The Labute approximate surface area is 82.8 Å². The number of aromatic nitrogens is 1. The van der Waals surface area contributed by atoms with Crippen LogP contribution in [0.3, 0.4) is 0 Å². The molecule has 1 unspecified atom stereocenters. The van der Waals surface area contributed by atoms with E-state index in [1.54, 1.807) is 25.3 Å². The van der Waals surface area contributed by atoms with Crippen molar-refractivity contribution >= 4 is 17.4 Å². The average molecular weight is 201 g/mol. The Hall–Kier alpha value is -0.800. The van der Waals surface area contributed by atoms with E-state index in [1.807, 2.05) is 0 Å². The van der Waals surface area contributed by atoms with Crippen LogP contribution in [0.2, 0.25) is 5.02 Å². The first-order valence-corrected chi connectivity index (χ1v) is 4.60. The van der Waals surface area contributed by atoms with Gasteiger partial charge in [-0.3, -0.25) is 0 Å². The molecule has 72 valence electrons. The highest BCUT2D eigenvalue weighted by Gasteiger charge is 1.99. The van der Waals surface area contributed by atoms with Gasteiger partial charge in [-0.15, -0.1) is 0 Å². The van der Waals surface area contributed by atoms with Gasteiger partial charge in [0.2, 0.25) is 0 Å². The van der Waals surface area contributed by atoms with Crippen LogP contribution >= 0.6 is 11.6 Å². The van der Waals surface area contributed by atoms with E-state index in [9.17, 15) is 0 Å². The first-order chi connectivity index (χ1) is 6.20. The monoisotopic (exact) mass is 200 g/mol. The van der Waals surface area contributed by atoms with Crippen molar-refractivity contribution in [2.45, 2.75) is 19.4 Å². The Morgan fingerprint density at radius 1 is 1.69 bits per heavy atom. The molecule has 0 spiro atoms. The van der Waals surface area contributed by atoms with E-state index in [4.69, 9.17) is 16.7 Å². The van der Waals surface area contributed by atoms with Gasteiger partial charge in [0.05, 0.1) is 11.1 Å². The quantitative estimate of drug-likeness (QED) is 0.781. The molecule has 2 N–H and O–H groups in total. The third-order valence-electron chi connectivity index (χ3n) is 1.61. The van der Waals surface area contributed by atoms with Crippen molar-refractivity contribution in [3.05, 3.63) is 23.4 Å². The molecular formula is C9H13ClN2O. The van der Waals surface area contributed by atoms with Crippen molar-refractivity contribution in [3.63, 3.8) is 0 Å². The Balaban J connectivity index is 2.41. The molecule has 1 atom stereocenters. The molecule has 0 aliphatic rings. The molecule has 0 amide bonds. The molecule has 13 heavy (non-hydrogen) atoms. The van der Waals surface area contributed by atoms with Crippen LogP contribution in [0.5, 0.6) is 0 Å². The van der Waals surface area contributed by atoms with Gasteiger partial charge in [0, 0.05) is 12.7 Å². The summed E-state index contributed by atoms with van der Waals surface area (Å²) in [6, 6.07) is 3.56. The lowest BCUT2D eigenvalue weighted by atomic mass is 10.3. The van der Waals surface area contributed by atoms with Crippen LogP contribution in [-0.4, -0.2) is 22.7 Å². The summed E-state index contributed by atoms with van der Waals surface area (Å²) >= 11 is 5.85. The maximum Gasteiger partial charge on any atom is 0.144 e. The Morgan fingerprint density at radius 2 is 2.46 bits per heavy atom. The van der Waals surface area contributed by atoms with Crippen LogP contribution in [-0.2, 0) is 0 Å². The number of anilines is 1. The average Bonchev–Trinajstić information content (AvgIpc) is 2.08. The largest absolute Gasteiger partial charge is 0.393 e. The highest BCUT2D eigenvalue weighted by molar-refractivity contribution is 6.32. The van der Waals surface area contributed by atoms with Gasteiger partial charge in [-0.1, -0.05) is 11.6 Å². The van der Waals surface area contributed by atoms with Crippen molar-refractivity contribution in [1.82, 2.24) is 4.98 Å². The SMILES string of the molecule is CC(O)CCNc1ncccc1Cl. The minimum Gasteiger partial charge on any atom is -0.393 e. The van der Waals surface area contributed by atoms with Gasteiger partial charge in [0.15, 0.2) is 0 Å². The molecule has 0 radical (unpaired) electrons. The number of nitrogens with zero attached hydrogens (tertiary/aromatic N) is 1. The van der Waals surface area contributed by atoms with Crippen LogP contribution in [0.25, 0.3) is 0 Å². The van der Waals surface area contributed by atoms with Crippen molar-refractivity contribution in [1.29, 1.82) is 0 Å². The third kappa shape index (κ3) is 3.61. The van der Waals surface area contributed by atoms with E-state index >= 15 is 0 Å². The second-order valence-corrected chi connectivity index (χ2v) is 3.31. The molecule has 4 heteroatoms. The zero-order valence-electron chi connectivity index (χ0n) is 7.50. The van der Waals surface area contributed by atoms with Gasteiger partial charge in [-0.05, 0) is 25.5 Å². The number of nitrogens with one attached hydrogen (secondary N) is 1. The fourth-order valence-electron chi connectivity index (χ4n) is 0.915. The van der Waals surface area contributed by atoms with Crippen LogP contribution < -0.4 is 5.32 Å². The Bertz CT molecular complexity index is 266. The number of halogens is 1. The molecule has 1 aromatic heterocycles. The lowest BCUT2D eigenvalue weighted by Crippen LogP contribution is -2.10. The fourth-order valence-corrected chi connectivity index (χ4v) is 1.10. The third-order valence-corrected chi connectivity index (χ3v) is 1.92. The number of hydrogen-bond acceptors (Lipinski definition) is 3. The van der Waals surface area contributed by atoms with E-state index in [0.717, 1.165) is 0 Å². The van der Waals surface area contributed by atoms with E-state index in [-0.39, 0.29) is 6.10 Å². The lowest BCUT2D eigenvalue weighted by Gasteiger charge is -2.07. The maximum absolute atomic E-state index is 9.01. The first-order valence-electron chi connectivity index (χ1n) is 4.22. The Morgan fingerprint density at radius 3 is 3.08 bits per heavy atom. The number of aliphatic hydroxyl groups is 1. The molecule has 0 saturated heterocycles. The second-order valence-electron chi connectivity index (χ2n) is 2.90. The van der Waals surface area contributed by atoms with E-state index < -0.39 is 0 Å². The molecule has 1 rings (SSSR count). The molecular weight excluding hydrogens is 188 g/mol. The number of rotatable bonds is 4. The summed E-state index contributed by atoms with van der Waals surface area (Å²) < 4.78 is 0. The van der Waals surface area contributed by atoms with Crippen LogP contribution in [0.1, 0.15) is 13.3 Å². The van der Waals surface area contributed by atoms with Crippen LogP contribution in [0, 0.1) is 0 Å². The van der Waals surface area contributed by atoms with Gasteiger partial charge in [-0.25, -0.2) is 4.98 Å². The summed E-state index contributed by atoms with van der Waals surface area (Å²) in [6.07, 6.45) is 2.07. The molecule has 0 bridgehead atoms. The van der Waals surface area contributed by atoms with Crippen molar-refractivity contribution in [2.75, 3.05) is 11.9 Å². The zero-order chi connectivity index (χ0) is 9.68. The number of hydrogen-bond donors (Lipinski definition) is 2. The molecule has 0 aliphatic heterocycles. The predicted octanol–water partition coefficient (Wildman–Crippen LogP) is 1.92. The maximum atomic E-state index is 9.01. The standard InChI is InChI=1S/C9H13ClN2O/c1-7(13)4-6-12-9-8(10)3-2-5-11-9/h2-3,5,7,13H,4,6H2,1H3,(H,11,12). The van der Waals surface area contributed by atoms with Crippen LogP contribution in [0.4, 0.5) is 5.82 Å². The van der Waals surface area contributed by atoms with E-state index in [0.29, 0.717) is 23.8 Å². The molecule has 0 saturated carbocycles. The van der Waals surface area contributed by atoms with Gasteiger partial charge >= 0.3 is 0 Å². The molecule has 1 aromatic rings. The normalized spacial score (nSPS) is 12.5. The van der Waals surface area contributed by atoms with Crippen LogP contribution in [0.15, 0.2) is 18.3 Å². The second kappa shape index (κ2) is 5.04. The zero-order valence-corrected chi connectivity index (χ0v) is 8.25. The molecule has 3 nitrogen and oxygen atoms in total. The minimum atomic E-state index is -0.296. The van der Waals surface area contributed by atoms with Gasteiger partial charge < -0.3 is 10.4 Å². The summed E-state index contributed by atoms with van der Waals surface area (Å²) in [4.78, 5) is 4.05. The number of aliphatic hydroxyl groups excluding tert-OH is 1. The molecule has 1 heterocycles. The number of pyridine rings is 1. The smallest absolute Gasteiger partial charge is 0.144 e. The lowest BCUT2D eigenvalue weighted by molar-refractivity contribution is 0.188. The van der Waals surface area contributed by atoms with Crippen molar-refractivity contribution < 1.29 is 5.11 Å².